The Morgan fingerprint density at radius 1 is 0.857 bits per heavy atom. The van der Waals surface area contributed by atoms with Crippen LogP contribution < -0.4 is 4.74 Å². The first-order chi connectivity index (χ1) is 13.6. The lowest BCUT2D eigenvalue weighted by Gasteiger charge is -2.32. The molecule has 3 rings (SSSR count). The Balaban J connectivity index is 1.85. The van der Waals surface area contributed by atoms with Gasteiger partial charge < -0.3 is 9.64 Å². The standard InChI is InChI=1S/C25H27NO2/c1-4-26(24(27)18-28-23-17-11-12-19(2)20(23)3)25(21-13-7-5-8-14-21)22-15-9-6-10-16-22/h5-17,25H,4,18H2,1-3H3. The maximum atomic E-state index is 13.1. The van der Waals surface area contributed by atoms with Crippen LogP contribution in [-0.4, -0.2) is 24.0 Å². The van der Waals surface area contributed by atoms with E-state index >= 15 is 0 Å². The molecule has 0 aliphatic carbocycles. The number of carbonyl (C=O) groups is 1. The van der Waals surface area contributed by atoms with Crippen molar-refractivity contribution < 1.29 is 9.53 Å². The highest BCUT2D eigenvalue weighted by Crippen LogP contribution is 2.29. The number of nitrogens with zero attached hydrogens (tertiary/aromatic N) is 1. The van der Waals surface area contributed by atoms with Gasteiger partial charge in [0, 0.05) is 6.54 Å². The zero-order valence-electron chi connectivity index (χ0n) is 16.8. The first kappa shape index (κ1) is 19.7. The molecule has 0 radical (unpaired) electrons. The smallest absolute Gasteiger partial charge is 0.261 e. The fourth-order valence-electron chi connectivity index (χ4n) is 3.43. The summed E-state index contributed by atoms with van der Waals surface area (Å²) in [4.78, 5) is 15.0. The minimum Gasteiger partial charge on any atom is -0.483 e. The van der Waals surface area contributed by atoms with E-state index in [4.69, 9.17) is 4.74 Å². The molecular formula is C25H27NO2. The maximum absolute atomic E-state index is 13.1. The third-order valence-electron chi connectivity index (χ3n) is 5.11. The van der Waals surface area contributed by atoms with Crippen molar-refractivity contribution in [1.29, 1.82) is 0 Å². The predicted molar refractivity (Wildman–Crippen MR) is 114 cm³/mol. The van der Waals surface area contributed by atoms with E-state index in [0.717, 1.165) is 28.0 Å². The second kappa shape index (κ2) is 9.23. The van der Waals surface area contributed by atoms with E-state index in [9.17, 15) is 4.79 Å². The quantitative estimate of drug-likeness (QED) is 0.561. The molecule has 3 aromatic rings. The molecule has 0 aromatic heterocycles. The largest absolute Gasteiger partial charge is 0.483 e. The van der Waals surface area contributed by atoms with E-state index in [1.54, 1.807) is 0 Å². The van der Waals surface area contributed by atoms with Gasteiger partial charge in [0.1, 0.15) is 5.75 Å². The van der Waals surface area contributed by atoms with Crippen LogP contribution in [0.2, 0.25) is 0 Å². The molecule has 0 bridgehead atoms. The van der Waals surface area contributed by atoms with Crippen LogP contribution in [0, 0.1) is 13.8 Å². The molecule has 0 heterocycles. The number of benzene rings is 3. The second-order valence-electron chi connectivity index (χ2n) is 6.89. The summed E-state index contributed by atoms with van der Waals surface area (Å²) in [5, 5.41) is 0. The number of rotatable bonds is 7. The van der Waals surface area contributed by atoms with Crippen molar-refractivity contribution in [3.8, 4) is 5.75 Å². The zero-order valence-corrected chi connectivity index (χ0v) is 16.8. The summed E-state index contributed by atoms with van der Waals surface area (Å²) in [6, 6.07) is 26.1. The number of hydrogen-bond donors (Lipinski definition) is 0. The van der Waals surface area contributed by atoms with Gasteiger partial charge in [-0.15, -0.1) is 0 Å². The van der Waals surface area contributed by atoms with E-state index in [0.29, 0.717) is 6.54 Å². The molecule has 0 atom stereocenters. The number of carbonyl (C=O) groups excluding carboxylic acids is 1. The number of amides is 1. The van der Waals surface area contributed by atoms with Gasteiger partial charge in [-0.1, -0.05) is 72.8 Å². The van der Waals surface area contributed by atoms with Crippen LogP contribution in [0.1, 0.15) is 35.2 Å². The van der Waals surface area contributed by atoms with Gasteiger partial charge in [-0.3, -0.25) is 4.79 Å². The zero-order chi connectivity index (χ0) is 19.9. The summed E-state index contributed by atoms with van der Waals surface area (Å²) in [7, 11) is 0. The first-order valence-corrected chi connectivity index (χ1v) is 9.70. The van der Waals surface area contributed by atoms with E-state index in [1.165, 1.54) is 0 Å². The number of likely N-dealkylation sites (N-methyl/N-ethyl adjacent to an activating group) is 1. The van der Waals surface area contributed by atoms with Crippen molar-refractivity contribution in [3.05, 3.63) is 101 Å². The van der Waals surface area contributed by atoms with Crippen LogP contribution in [0.25, 0.3) is 0 Å². The van der Waals surface area contributed by atoms with Crippen LogP contribution in [0.15, 0.2) is 78.9 Å². The van der Waals surface area contributed by atoms with Crippen molar-refractivity contribution in [2.45, 2.75) is 26.8 Å². The Morgan fingerprint density at radius 3 is 1.96 bits per heavy atom. The van der Waals surface area contributed by atoms with Gasteiger partial charge >= 0.3 is 0 Å². The molecule has 0 spiro atoms. The molecule has 0 fully saturated rings. The Hall–Kier alpha value is -3.07. The van der Waals surface area contributed by atoms with E-state index < -0.39 is 0 Å². The molecule has 0 saturated heterocycles. The molecule has 3 nitrogen and oxygen atoms in total. The number of ether oxygens (including phenoxy) is 1. The second-order valence-corrected chi connectivity index (χ2v) is 6.89. The molecule has 0 N–H and O–H groups in total. The monoisotopic (exact) mass is 373 g/mol. The van der Waals surface area contributed by atoms with Gasteiger partial charge in [0.2, 0.25) is 0 Å². The lowest BCUT2D eigenvalue weighted by Crippen LogP contribution is -2.38. The summed E-state index contributed by atoms with van der Waals surface area (Å²) in [5.74, 6) is 0.737. The Kier molecular flexibility index (Phi) is 6.49. The average Bonchev–Trinajstić information content (AvgIpc) is 2.74. The fourth-order valence-corrected chi connectivity index (χ4v) is 3.43. The molecular weight excluding hydrogens is 346 g/mol. The van der Waals surface area contributed by atoms with Crippen LogP contribution >= 0.6 is 0 Å². The highest BCUT2D eigenvalue weighted by Gasteiger charge is 2.25. The third kappa shape index (κ3) is 4.42. The van der Waals surface area contributed by atoms with Gasteiger partial charge in [0.05, 0.1) is 6.04 Å². The topological polar surface area (TPSA) is 29.5 Å². The van der Waals surface area contributed by atoms with Crippen molar-refractivity contribution in [3.63, 3.8) is 0 Å². The first-order valence-electron chi connectivity index (χ1n) is 9.70. The lowest BCUT2D eigenvalue weighted by atomic mass is 9.97. The van der Waals surface area contributed by atoms with Crippen molar-refractivity contribution in [1.82, 2.24) is 4.90 Å². The molecule has 0 unspecified atom stereocenters. The molecule has 3 aromatic carbocycles. The lowest BCUT2D eigenvalue weighted by molar-refractivity contribution is -0.134. The average molecular weight is 373 g/mol. The Morgan fingerprint density at radius 2 is 1.43 bits per heavy atom. The molecule has 3 heteroatoms. The van der Waals surface area contributed by atoms with E-state index in [2.05, 4.69) is 24.3 Å². The Labute approximate surface area is 167 Å². The fraction of sp³-hybridized carbons (Fsp3) is 0.240. The highest BCUT2D eigenvalue weighted by molar-refractivity contribution is 5.79. The van der Waals surface area contributed by atoms with Gasteiger partial charge in [-0.25, -0.2) is 0 Å². The summed E-state index contributed by atoms with van der Waals surface area (Å²) in [6.45, 7) is 6.69. The van der Waals surface area contributed by atoms with Gasteiger partial charge in [0.15, 0.2) is 6.61 Å². The molecule has 0 aliphatic heterocycles. The van der Waals surface area contributed by atoms with E-state index in [1.807, 2.05) is 80.3 Å². The van der Waals surface area contributed by atoms with Crippen molar-refractivity contribution in [2.75, 3.05) is 13.2 Å². The van der Waals surface area contributed by atoms with Crippen LogP contribution in [0.3, 0.4) is 0 Å². The highest BCUT2D eigenvalue weighted by atomic mass is 16.5. The van der Waals surface area contributed by atoms with Crippen LogP contribution in [0.5, 0.6) is 5.75 Å². The molecule has 0 saturated carbocycles. The van der Waals surface area contributed by atoms with Crippen molar-refractivity contribution >= 4 is 5.91 Å². The SMILES string of the molecule is CCN(C(=O)COc1cccc(C)c1C)C(c1ccccc1)c1ccccc1. The molecule has 1 amide bonds. The summed E-state index contributed by atoms with van der Waals surface area (Å²) < 4.78 is 5.89. The summed E-state index contributed by atoms with van der Waals surface area (Å²) in [6.07, 6.45) is 0. The molecule has 0 aliphatic rings. The molecule has 28 heavy (non-hydrogen) atoms. The summed E-state index contributed by atoms with van der Waals surface area (Å²) >= 11 is 0. The van der Waals surface area contributed by atoms with Gasteiger partial charge in [-0.2, -0.15) is 0 Å². The number of hydrogen-bond acceptors (Lipinski definition) is 2. The van der Waals surface area contributed by atoms with Gasteiger partial charge in [0.25, 0.3) is 5.91 Å². The Bertz CT molecular complexity index is 867. The third-order valence-corrected chi connectivity index (χ3v) is 5.11. The van der Waals surface area contributed by atoms with Crippen LogP contribution in [-0.2, 0) is 4.79 Å². The van der Waals surface area contributed by atoms with Crippen LogP contribution in [0.4, 0.5) is 0 Å². The number of aryl methyl sites for hydroxylation is 1. The van der Waals surface area contributed by atoms with Gasteiger partial charge in [-0.05, 0) is 49.1 Å². The van der Waals surface area contributed by atoms with E-state index in [-0.39, 0.29) is 18.6 Å². The predicted octanol–water partition coefficient (Wildman–Crippen LogP) is 5.32. The minimum atomic E-state index is -0.137. The van der Waals surface area contributed by atoms with Crippen molar-refractivity contribution in [2.24, 2.45) is 0 Å². The maximum Gasteiger partial charge on any atom is 0.261 e. The minimum absolute atomic E-state index is 0.0221. The molecule has 144 valence electrons. The normalized spacial score (nSPS) is 10.7. The summed E-state index contributed by atoms with van der Waals surface area (Å²) in [5.41, 5.74) is 4.41.